The van der Waals surface area contributed by atoms with Gasteiger partial charge in [0.1, 0.15) is 0 Å². The first kappa shape index (κ1) is 20.4. The van der Waals surface area contributed by atoms with E-state index >= 15 is 0 Å². The minimum atomic E-state index is -0.420. The van der Waals surface area contributed by atoms with Gasteiger partial charge in [-0.25, -0.2) is 4.98 Å². The number of thiazole rings is 1. The average molecular weight is 415 g/mol. The molecule has 1 heterocycles. The number of nitrogens with zero attached hydrogens (tertiary/aromatic N) is 1. The maximum absolute atomic E-state index is 12.5. The van der Waals surface area contributed by atoms with Crippen molar-refractivity contribution in [2.24, 2.45) is 0 Å². The molecule has 0 spiro atoms. The van der Waals surface area contributed by atoms with Crippen molar-refractivity contribution in [3.8, 4) is 0 Å². The van der Waals surface area contributed by atoms with Crippen LogP contribution in [0.5, 0.6) is 0 Å². The van der Waals surface area contributed by atoms with Crippen molar-refractivity contribution in [1.29, 1.82) is 0 Å². The van der Waals surface area contributed by atoms with E-state index in [9.17, 15) is 9.59 Å². The van der Waals surface area contributed by atoms with Crippen molar-refractivity contribution in [3.05, 3.63) is 60.2 Å². The number of nitrogens with one attached hydrogen (secondary N) is 1. The molecule has 1 N–H and O–H groups in total. The molecule has 7 heteroatoms. The third-order valence-electron chi connectivity index (χ3n) is 3.88. The van der Waals surface area contributed by atoms with Crippen LogP contribution in [0.1, 0.15) is 31.9 Å². The van der Waals surface area contributed by atoms with Crippen LogP contribution in [-0.4, -0.2) is 28.7 Å². The number of carbonyl (C=O) groups excluding carboxylic acids is 2. The summed E-state index contributed by atoms with van der Waals surface area (Å²) < 4.78 is 7.20. The summed E-state index contributed by atoms with van der Waals surface area (Å²) in [6.07, 6.45) is -0.0889. The zero-order valence-corrected chi connectivity index (χ0v) is 17.4. The fourth-order valence-electron chi connectivity index (χ4n) is 2.69. The molecule has 0 saturated heterocycles. The molecule has 146 valence electrons. The molecule has 3 rings (SSSR count). The first-order valence-electron chi connectivity index (χ1n) is 9.03. The molecule has 1 unspecified atom stereocenters. The van der Waals surface area contributed by atoms with Crippen molar-refractivity contribution in [2.45, 2.75) is 36.8 Å². The van der Waals surface area contributed by atoms with Gasteiger partial charge in [-0.3, -0.25) is 9.59 Å². The van der Waals surface area contributed by atoms with E-state index in [4.69, 9.17) is 4.74 Å². The van der Waals surface area contributed by atoms with Crippen LogP contribution in [0, 0.1) is 0 Å². The lowest BCUT2D eigenvalue weighted by atomic mass is 10.0. The number of ether oxygens (including phenoxy) is 1. The minimum absolute atomic E-state index is 0.0970. The Kier molecular flexibility index (Phi) is 7.06. The lowest BCUT2D eigenvalue weighted by molar-refractivity contribution is -0.148. The smallest absolute Gasteiger partial charge is 0.308 e. The van der Waals surface area contributed by atoms with Gasteiger partial charge in [-0.05, 0) is 31.5 Å². The molecule has 3 aromatic rings. The largest absolute Gasteiger partial charge is 0.463 e. The van der Waals surface area contributed by atoms with Gasteiger partial charge in [0.2, 0.25) is 5.91 Å². The topological polar surface area (TPSA) is 68.3 Å². The van der Waals surface area contributed by atoms with Gasteiger partial charge in [0.15, 0.2) is 4.34 Å². The number of rotatable bonds is 8. The average Bonchev–Trinajstić information content (AvgIpc) is 3.09. The van der Waals surface area contributed by atoms with Crippen molar-refractivity contribution in [1.82, 2.24) is 10.3 Å². The van der Waals surface area contributed by atoms with Gasteiger partial charge in [0.05, 0.1) is 34.5 Å². The molecule has 28 heavy (non-hydrogen) atoms. The van der Waals surface area contributed by atoms with Gasteiger partial charge in [-0.1, -0.05) is 54.2 Å². The first-order chi connectivity index (χ1) is 13.5. The molecule has 5 nitrogen and oxygen atoms in total. The summed E-state index contributed by atoms with van der Waals surface area (Å²) in [5, 5.41) is 2.96. The van der Waals surface area contributed by atoms with Crippen LogP contribution < -0.4 is 5.32 Å². The second-order valence-electron chi connectivity index (χ2n) is 6.51. The van der Waals surface area contributed by atoms with E-state index in [0.717, 1.165) is 20.1 Å². The van der Waals surface area contributed by atoms with E-state index in [1.54, 1.807) is 11.3 Å². The molecule has 0 fully saturated rings. The summed E-state index contributed by atoms with van der Waals surface area (Å²) in [5.41, 5.74) is 1.82. The van der Waals surface area contributed by atoms with E-state index < -0.39 is 6.04 Å². The van der Waals surface area contributed by atoms with Crippen molar-refractivity contribution < 1.29 is 14.3 Å². The summed E-state index contributed by atoms with van der Waals surface area (Å²) in [7, 11) is 0. The van der Waals surface area contributed by atoms with E-state index in [1.165, 1.54) is 11.8 Å². The molecule has 0 aliphatic rings. The van der Waals surface area contributed by atoms with E-state index in [2.05, 4.69) is 10.3 Å². The Morgan fingerprint density at radius 1 is 1.11 bits per heavy atom. The predicted molar refractivity (Wildman–Crippen MR) is 114 cm³/mol. The lowest BCUT2D eigenvalue weighted by Crippen LogP contribution is -2.32. The van der Waals surface area contributed by atoms with E-state index in [-0.39, 0.29) is 30.2 Å². The Balaban J connectivity index is 1.62. The molecule has 0 saturated carbocycles. The summed E-state index contributed by atoms with van der Waals surface area (Å²) in [5.74, 6) is -0.235. The number of hydrogen-bond acceptors (Lipinski definition) is 6. The van der Waals surface area contributed by atoms with Gasteiger partial charge in [-0.15, -0.1) is 11.3 Å². The van der Waals surface area contributed by atoms with Crippen LogP contribution in [0.2, 0.25) is 0 Å². The lowest BCUT2D eigenvalue weighted by Gasteiger charge is -2.19. The van der Waals surface area contributed by atoms with Gasteiger partial charge in [-0.2, -0.15) is 0 Å². The molecule has 1 amide bonds. The molecule has 0 bridgehead atoms. The third-order valence-corrected chi connectivity index (χ3v) is 6.06. The number of hydrogen-bond donors (Lipinski definition) is 1. The highest BCUT2D eigenvalue weighted by Gasteiger charge is 2.20. The highest BCUT2D eigenvalue weighted by Crippen LogP contribution is 2.29. The normalized spacial score (nSPS) is 12.1. The number of carbonyl (C=O) groups is 2. The summed E-state index contributed by atoms with van der Waals surface area (Å²) in [4.78, 5) is 29.2. The van der Waals surface area contributed by atoms with Crippen LogP contribution in [-0.2, 0) is 14.3 Å². The van der Waals surface area contributed by atoms with E-state index in [0.29, 0.717) is 0 Å². The van der Waals surface area contributed by atoms with Gasteiger partial charge >= 0.3 is 5.97 Å². The molecule has 0 aliphatic heterocycles. The summed E-state index contributed by atoms with van der Waals surface area (Å²) in [6.45, 7) is 3.62. The molecular weight excluding hydrogens is 392 g/mol. The number of esters is 1. The minimum Gasteiger partial charge on any atom is -0.463 e. The van der Waals surface area contributed by atoms with Crippen LogP contribution in [0.15, 0.2) is 58.9 Å². The highest BCUT2D eigenvalue weighted by atomic mass is 32.2. The van der Waals surface area contributed by atoms with Gasteiger partial charge in [0.25, 0.3) is 0 Å². The van der Waals surface area contributed by atoms with Crippen LogP contribution in [0.3, 0.4) is 0 Å². The zero-order chi connectivity index (χ0) is 19.9. The molecule has 0 radical (unpaired) electrons. The number of para-hydroxylation sites is 1. The number of amides is 1. The molecule has 1 atom stereocenters. The fourth-order valence-corrected chi connectivity index (χ4v) is 4.57. The van der Waals surface area contributed by atoms with Crippen LogP contribution in [0.4, 0.5) is 0 Å². The van der Waals surface area contributed by atoms with E-state index in [1.807, 2.05) is 68.4 Å². The summed E-state index contributed by atoms with van der Waals surface area (Å²) >= 11 is 2.97. The Labute approximate surface area is 172 Å². The molecular formula is C21H22N2O3S2. The Morgan fingerprint density at radius 3 is 2.54 bits per heavy atom. The first-order valence-corrected chi connectivity index (χ1v) is 10.8. The highest BCUT2D eigenvalue weighted by molar-refractivity contribution is 8.01. The molecule has 0 aliphatic carbocycles. The van der Waals surface area contributed by atoms with Crippen molar-refractivity contribution in [3.63, 3.8) is 0 Å². The van der Waals surface area contributed by atoms with Gasteiger partial charge < -0.3 is 10.1 Å². The Hall–Kier alpha value is -2.38. The third kappa shape index (κ3) is 5.81. The maximum atomic E-state index is 12.5. The SMILES string of the molecule is CC(C)OC(=O)CC(NC(=O)CSc1nc2ccccc2s1)c1ccccc1. The summed E-state index contributed by atoms with van der Waals surface area (Å²) in [6, 6.07) is 16.9. The fraction of sp³-hybridized carbons (Fsp3) is 0.286. The monoisotopic (exact) mass is 414 g/mol. The standard InChI is InChI=1S/C21H22N2O3S2/c1-14(2)26-20(25)12-17(15-8-4-3-5-9-15)22-19(24)13-27-21-23-16-10-6-7-11-18(16)28-21/h3-11,14,17H,12-13H2,1-2H3,(H,22,24). The Bertz CT molecular complexity index is 908. The second kappa shape index (κ2) is 9.71. The predicted octanol–water partition coefficient (Wildman–Crippen LogP) is 4.59. The van der Waals surface area contributed by atoms with Crippen molar-refractivity contribution >= 4 is 45.2 Å². The maximum Gasteiger partial charge on any atom is 0.308 e. The number of fused-ring (bicyclic) bond motifs is 1. The number of aromatic nitrogens is 1. The second-order valence-corrected chi connectivity index (χ2v) is 8.76. The zero-order valence-electron chi connectivity index (χ0n) is 15.8. The van der Waals surface area contributed by atoms with Gasteiger partial charge in [0, 0.05) is 0 Å². The number of benzene rings is 2. The van der Waals surface area contributed by atoms with Crippen molar-refractivity contribution in [2.75, 3.05) is 5.75 Å². The molecule has 1 aromatic heterocycles. The quantitative estimate of drug-likeness (QED) is 0.431. The van der Waals surface area contributed by atoms with Crippen LogP contribution >= 0.6 is 23.1 Å². The number of thioether (sulfide) groups is 1. The van der Waals surface area contributed by atoms with Crippen LogP contribution in [0.25, 0.3) is 10.2 Å². The Morgan fingerprint density at radius 2 is 1.82 bits per heavy atom. The molecule has 2 aromatic carbocycles.